The summed E-state index contributed by atoms with van der Waals surface area (Å²) in [5, 5.41) is 9.03. The lowest BCUT2D eigenvalue weighted by molar-refractivity contribution is 0.206. The molecule has 1 rings (SSSR count). The second-order valence-electron chi connectivity index (χ2n) is 3.02. The molecule has 2 atom stereocenters. The number of nitrogens with zero attached hydrogens (tertiary/aromatic N) is 1. The Bertz CT molecular complexity index is 109. The van der Waals surface area contributed by atoms with Gasteiger partial charge in [-0.05, 0) is 25.5 Å². The molecule has 0 spiro atoms. The fraction of sp³-hybridized carbons (Fsp3) is 1.00. The molecule has 1 heterocycles. The molecule has 1 saturated heterocycles. The molecular formula is C8H17NOS. The quantitative estimate of drug-likeness (QED) is 0.658. The van der Waals surface area contributed by atoms with E-state index < -0.39 is 0 Å². The maximum Gasteiger partial charge on any atom is 0.0596 e. The van der Waals surface area contributed by atoms with Gasteiger partial charge in [-0.3, -0.25) is 0 Å². The highest BCUT2D eigenvalue weighted by Crippen LogP contribution is 2.30. The van der Waals surface area contributed by atoms with Crippen LogP contribution in [-0.4, -0.2) is 34.4 Å². The molecular weight excluding hydrogens is 158 g/mol. The molecule has 1 fully saturated rings. The van der Waals surface area contributed by atoms with Gasteiger partial charge in [-0.2, -0.15) is 0 Å². The summed E-state index contributed by atoms with van der Waals surface area (Å²) >= 11 is 1.77. The van der Waals surface area contributed by atoms with E-state index in [2.05, 4.69) is 17.5 Å². The monoisotopic (exact) mass is 175 g/mol. The van der Waals surface area contributed by atoms with Gasteiger partial charge in [0.25, 0.3) is 0 Å². The standard InChI is InChI=1S/C8H17NOS/c1-3-7-4-5-8(6-10)9(7)11-2/h7-8,10H,3-6H2,1-2H3/t7-,8?/m1/s1. The normalized spacial score (nSPS) is 33.0. The van der Waals surface area contributed by atoms with Crippen LogP contribution in [0.2, 0.25) is 0 Å². The van der Waals surface area contributed by atoms with E-state index in [1.54, 1.807) is 11.9 Å². The van der Waals surface area contributed by atoms with Gasteiger partial charge in [0, 0.05) is 12.1 Å². The predicted octanol–water partition coefficient (Wildman–Crippen LogP) is 1.50. The van der Waals surface area contributed by atoms with Crippen molar-refractivity contribution in [1.82, 2.24) is 4.31 Å². The average Bonchev–Trinajstić information content (AvgIpc) is 2.45. The van der Waals surface area contributed by atoms with Crippen molar-refractivity contribution in [3.8, 4) is 0 Å². The van der Waals surface area contributed by atoms with Gasteiger partial charge in [0.15, 0.2) is 0 Å². The van der Waals surface area contributed by atoms with Crippen molar-refractivity contribution < 1.29 is 5.11 Å². The highest BCUT2D eigenvalue weighted by molar-refractivity contribution is 7.96. The van der Waals surface area contributed by atoms with E-state index in [0.29, 0.717) is 18.7 Å². The minimum absolute atomic E-state index is 0.317. The molecule has 0 aliphatic carbocycles. The van der Waals surface area contributed by atoms with E-state index >= 15 is 0 Å². The number of aliphatic hydroxyl groups is 1. The van der Waals surface area contributed by atoms with Crippen LogP contribution in [0, 0.1) is 0 Å². The van der Waals surface area contributed by atoms with E-state index in [-0.39, 0.29) is 0 Å². The zero-order valence-electron chi connectivity index (χ0n) is 7.29. The van der Waals surface area contributed by atoms with Gasteiger partial charge < -0.3 is 5.11 Å². The maximum absolute atomic E-state index is 9.03. The number of hydrogen-bond acceptors (Lipinski definition) is 3. The summed E-state index contributed by atoms with van der Waals surface area (Å²) in [6, 6.07) is 1.11. The van der Waals surface area contributed by atoms with Crippen molar-refractivity contribution in [2.24, 2.45) is 0 Å². The van der Waals surface area contributed by atoms with Crippen LogP contribution in [0.1, 0.15) is 26.2 Å². The molecule has 0 saturated carbocycles. The Kier molecular flexibility index (Phi) is 3.69. The van der Waals surface area contributed by atoms with Crippen LogP contribution in [0.25, 0.3) is 0 Å². The number of hydrogen-bond donors (Lipinski definition) is 1. The Morgan fingerprint density at radius 3 is 2.55 bits per heavy atom. The molecule has 3 heteroatoms. The Labute approximate surface area is 73.1 Å². The molecule has 0 aromatic carbocycles. The van der Waals surface area contributed by atoms with Crippen LogP contribution in [0.4, 0.5) is 0 Å². The highest BCUT2D eigenvalue weighted by atomic mass is 32.2. The molecule has 0 aromatic rings. The second-order valence-corrected chi connectivity index (χ2v) is 3.81. The molecule has 0 bridgehead atoms. The third kappa shape index (κ3) is 1.89. The van der Waals surface area contributed by atoms with Gasteiger partial charge in [-0.15, -0.1) is 0 Å². The van der Waals surface area contributed by atoms with E-state index in [1.165, 1.54) is 12.8 Å². The van der Waals surface area contributed by atoms with Crippen molar-refractivity contribution in [2.45, 2.75) is 38.3 Å². The van der Waals surface area contributed by atoms with Crippen molar-refractivity contribution in [1.29, 1.82) is 0 Å². The Morgan fingerprint density at radius 1 is 1.45 bits per heavy atom. The minimum atomic E-state index is 0.317. The largest absolute Gasteiger partial charge is 0.395 e. The molecule has 1 unspecified atom stereocenters. The fourth-order valence-electron chi connectivity index (χ4n) is 1.79. The summed E-state index contributed by atoms with van der Waals surface area (Å²) in [5.74, 6) is 0. The van der Waals surface area contributed by atoms with Gasteiger partial charge in [0.2, 0.25) is 0 Å². The molecule has 2 nitrogen and oxygen atoms in total. The summed E-state index contributed by atoms with van der Waals surface area (Å²) in [7, 11) is 0. The van der Waals surface area contributed by atoms with Crippen LogP contribution < -0.4 is 0 Å². The third-order valence-electron chi connectivity index (χ3n) is 2.45. The highest BCUT2D eigenvalue weighted by Gasteiger charge is 2.30. The summed E-state index contributed by atoms with van der Waals surface area (Å²) in [4.78, 5) is 0. The molecule has 0 radical (unpaired) electrons. The van der Waals surface area contributed by atoms with Crippen LogP contribution in [-0.2, 0) is 0 Å². The first-order chi connectivity index (χ1) is 5.33. The molecule has 1 aliphatic rings. The van der Waals surface area contributed by atoms with Crippen LogP contribution in [0.5, 0.6) is 0 Å². The van der Waals surface area contributed by atoms with E-state index in [1.807, 2.05) is 0 Å². The first-order valence-corrected chi connectivity index (χ1v) is 5.45. The Hall–Kier alpha value is 0.270. The SMILES string of the molecule is CC[C@@H]1CCC(CO)N1SC. The lowest BCUT2D eigenvalue weighted by Gasteiger charge is -2.25. The van der Waals surface area contributed by atoms with Gasteiger partial charge >= 0.3 is 0 Å². The van der Waals surface area contributed by atoms with Crippen molar-refractivity contribution in [3.63, 3.8) is 0 Å². The van der Waals surface area contributed by atoms with Crippen LogP contribution in [0.15, 0.2) is 0 Å². The molecule has 1 aliphatic heterocycles. The molecule has 0 aromatic heterocycles. The first kappa shape index (κ1) is 9.36. The minimum Gasteiger partial charge on any atom is -0.395 e. The Balaban J connectivity index is 2.48. The average molecular weight is 175 g/mol. The first-order valence-electron chi connectivity index (χ1n) is 4.26. The third-order valence-corrected chi connectivity index (χ3v) is 3.46. The Morgan fingerprint density at radius 2 is 2.09 bits per heavy atom. The predicted molar refractivity (Wildman–Crippen MR) is 49.5 cm³/mol. The second kappa shape index (κ2) is 4.33. The maximum atomic E-state index is 9.03. The van der Waals surface area contributed by atoms with Crippen LogP contribution >= 0.6 is 11.9 Å². The lowest BCUT2D eigenvalue weighted by Crippen LogP contribution is -2.31. The van der Waals surface area contributed by atoms with Crippen molar-refractivity contribution >= 4 is 11.9 Å². The molecule has 0 amide bonds. The van der Waals surface area contributed by atoms with E-state index in [4.69, 9.17) is 5.11 Å². The van der Waals surface area contributed by atoms with Crippen molar-refractivity contribution in [3.05, 3.63) is 0 Å². The number of aliphatic hydroxyl groups excluding tert-OH is 1. The summed E-state index contributed by atoms with van der Waals surface area (Å²) in [6.45, 7) is 2.53. The summed E-state index contributed by atoms with van der Waals surface area (Å²) in [6.07, 6.45) is 5.71. The van der Waals surface area contributed by atoms with Gasteiger partial charge in [0.1, 0.15) is 0 Å². The van der Waals surface area contributed by atoms with Gasteiger partial charge in [-0.25, -0.2) is 4.31 Å². The molecule has 11 heavy (non-hydrogen) atoms. The molecule has 66 valence electrons. The van der Waals surface area contributed by atoms with Crippen molar-refractivity contribution in [2.75, 3.05) is 12.9 Å². The van der Waals surface area contributed by atoms with Gasteiger partial charge in [0.05, 0.1) is 6.61 Å². The smallest absolute Gasteiger partial charge is 0.0596 e. The zero-order valence-corrected chi connectivity index (χ0v) is 8.10. The zero-order chi connectivity index (χ0) is 8.27. The lowest BCUT2D eigenvalue weighted by atomic mass is 10.2. The summed E-state index contributed by atoms with van der Waals surface area (Å²) in [5.41, 5.74) is 0. The van der Waals surface area contributed by atoms with E-state index in [0.717, 1.165) is 6.42 Å². The fourth-order valence-corrected chi connectivity index (χ4v) is 2.81. The topological polar surface area (TPSA) is 23.5 Å². The number of rotatable bonds is 3. The van der Waals surface area contributed by atoms with E-state index in [9.17, 15) is 0 Å². The molecule has 1 N–H and O–H groups in total. The summed E-state index contributed by atoms with van der Waals surface area (Å²) < 4.78 is 2.35. The van der Waals surface area contributed by atoms with Gasteiger partial charge in [-0.1, -0.05) is 18.9 Å². The van der Waals surface area contributed by atoms with Crippen LogP contribution in [0.3, 0.4) is 0 Å².